The van der Waals surface area contributed by atoms with Crippen molar-refractivity contribution in [1.29, 1.82) is 0 Å². The van der Waals surface area contributed by atoms with Gasteiger partial charge in [-0.2, -0.15) is 5.10 Å². The Balaban J connectivity index is 1.89. The fourth-order valence-electron chi connectivity index (χ4n) is 3.25. The van der Waals surface area contributed by atoms with Crippen LogP contribution < -0.4 is 5.32 Å². The first kappa shape index (κ1) is 15.6. The van der Waals surface area contributed by atoms with E-state index >= 15 is 0 Å². The summed E-state index contributed by atoms with van der Waals surface area (Å²) in [7, 11) is 0. The van der Waals surface area contributed by atoms with E-state index in [0.717, 1.165) is 18.4 Å². The molecule has 1 aliphatic carbocycles. The molecule has 20 heavy (non-hydrogen) atoms. The largest absolute Gasteiger partial charge is 0.314 e. The van der Waals surface area contributed by atoms with Crippen molar-refractivity contribution in [3.63, 3.8) is 0 Å². The van der Waals surface area contributed by atoms with Crippen molar-refractivity contribution in [1.82, 2.24) is 15.1 Å². The van der Waals surface area contributed by atoms with Crippen LogP contribution in [-0.2, 0) is 6.42 Å². The van der Waals surface area contributed by atoms with Gasteiger partial charge < -0.3 is 5.32 Å². The van der Waals surface area contributed by atoms with Gasteiger partial charge in [-0.1, -0.05) is 26.2 Å². The molecular formula is C17H31N3. The standard InChI is InChI=1S/C17H31N3/c1-4-10-18-16-8-6-5-7-15(12-16)13-17-9-11-20(19-17)14(2)3/h9,11,14-16,18H,4-8,10,12-13H2,1-3H3. The van der Waals surface area contributed by atoms with Gasteiger partial charge in [-0.25, -0.2) is 0 Å². The molecule has 1 aliphatic rings. The molecule has 2 rings (SSSR count). The van der Waals surface area contributed by atoms with Crippen molar-refractivity contribution in [3.05, 3.63) is 18.0 Å². The molecule has 2 unspecified atom stereocenters. The molecule has 3 heteroatoms. The molecule has 0 aliphatic heterocycles. The topological polar surface area (TPSA) is 29.9 Å². The van der Waals surface area contributed by atoms with E-state index in [1.54, 1.807) is 0 Å². The van der Waals surface area contributed by atoms with Gasteiger partial charge in [0.25, 0.3) is 0 Å². The fraction of sp³-hybridized carbons (Fsp3) is 0.824. The summed E-state index contributed by atoms with van der Waals surface area (Å²) < 4.78 is 2.08. The first-order chi connectivity index (χ1) is 9.69. The lowest BCUT2D eigenvalue weighted by Crippen LogP contribution is -2.31. The van der Waals surface area contributed by atoms with Gasteiger partial charge in [0, 0.05) is 18.3 Å². The maximum Gasteiger partial charge on any atom is 0.0627 e. The lowest BCUT2D eigenvalue weighted by molar-refractivity contribution is 0.380. The Morgan fingerprint density at radius 3 is 2.85 bits per heavy atom. The summed E-state index contributed by atoms with van der Waals surface area (Å²) in [5.74, 6) is 0.808. The zero-order valence-corrected chi connectivity index (χ0v) is 13.4. The lowest BCUT2D eigenvalue weighted by Gasteiger charge is -2.20. The SMILES string of the molecule is CCCNC1CCCCC(Cc2ccn(C(C)C)n2)C1. The number of nitrogens with one attached hydrogen (secondary N) is 1. The summed E-state index contributed by atoms with van der Waals surface area (Å²) >= 11 is 0. The van der Waals surface area contributed by atoms with Crippen LogP contribution in [0.3, 0.4) is 0 Å². The highest BCUT2D eigenvalue weighted by atomic mass is 15.3. The molecule has 1 aromatic rings. The van der Waals surface area contributed by atoms with Gasteiger partial charge in [-0.3, -0.25) is 4.68 Å². The van der Waals surface area contributed by atoms with Crippen LogP contribution in [-0.4, -0.2) is 22.4 Å². The average molecular weight is 277 g/mol. The molecule has 0 saturated heterocycles. The third-order valence-electron chi connectivity index (χ3n) is 4.41. The molecule has 1 fully saturated rings. The highest BCUT2D eigenvalue weighted by Crippen LogP contribution is 2.26. The minimum Gasteiger partial charge on any atom is -0.314 e. The van der Waals surface area contributed by atoms with Crippen molar-refractivity contribution in [2.45, 2.75) is 77.8 Å². The molecule has 2 atom stereocenters. The minimum atomic E-state index is 0.469. The van der Waals surface area contributed by atoms with Crippen LogP contribution in [0.4, 0.5) is 0 Å². The quantitative estimate of drug-likeness (QED) is 0.798. The molecule has 0 spiro atoms. The number of aromatic nitrogens is 2. The van der Waals surface area contributed by atoms with Gasteiger partial charge in [0.15, 0.2) is 0 Å². The summed E-state index contributed by atoms with van der Waals surface area (Å²) in [6.07, 6.45) is 11.4. The average Bonchev–Trinajstić information content (AvgIpc) is 2.77. The molecule has 3 nitrogen and oxygen atoms in total. The van der Waals surface area contributed by atoms with E-state index in [1.807, 2.05) is 0 Å². The zero-order chi connectivity index (χ0) is 14.4. The molecule has 0 bridgehead atoms. The van der Waals surface area contributed by atoms with Gasteiger partial charge in [0.2, 0.25) is 0 Å². The van der Waals surface area contributed by atoms with Crippen LogP contribution in [0.2, 0.25) is 0 Å². The molecule has 0 aromatic carbocycles. The molecule has 0 amide bonds. The summed E-state index contributed by atoms with van der Waals surface area (Å²) in [5.41, 5.74) is 1.28. The fourth-order valence-corrected chi connectivity index (χ4v) is 3.25. The Bertz CT molecular complexity index is 383. The van der Waals surface area contributed by atoms with Crippen LogP contribution in [0.15, 0.2) is 12.3 Å². The van der Waals surface area contributed by atoms with Crippen molar-refractivity contribution in [2.75, 3.05) is 6.54 Å². The van der Waals surface area contributed by atoms with Crippen LogP contribution in [0.1, 0.15) is 71.0 Å². The van der Waals surface area contributed by atoms with E-state index in [9.17, 15) is 0 Å². The molecule has 114 valence electrons. The second kappa shape index (κ2) is 7.82. The number of rotatable bonds is 6. The van der Waals surface area contributed by atoms with Crippen molar-refractivity contribution < 1.29 is 0 Å². The molecular weight excluding hydrogens is 246 g/mol. The van der Waals surface area contributed by atoms with Crippen LogP contribution in [0.25, 0.3) is 0 Å². The van der Waals surface area contributed by atoms with Crippen molar-refractivity contribution >= 4 is 0 Å². The Morgan fingerprint density at radius 1 is 1.35 bits per heavy atom. The van der Waals surface area contributed by atoms with E-state index in [4.69, 9.17) is 5.10 Å². The highest BCUT2D eigenvalue weighted by molar-refractivity contribution is 5.01. The third-order valence-corrected chi connectivity index (χ3v) is 4.41. The Morgan fingerprint density at radius 2 is 2.15 bits per heavy atom. The van der Waals surface area contributed by atoms with Gasteiger partial charge in [-0.15, -0.1) is 0 Å². The second-order valence-corrected chi connectivity index (χ2v) is 6.62. The molecule has 1 heterocycles. The number of nitrogens with zero attached hydrogens (tertiary/aromatic N) is 2. The van der Waals surface area contributed by atoms with E-state index in [-0.39, 0.29) is 0 Å². The molecule has 1 saturated carbocycles. The van der Waals surface area contributed by atoms with Crippen LogP contribution >= 0.6 is 0 Å². The van der Waals surface area contributed by atoms with Crippen LogP contribution in [0, 0.1) is 5.92 Å². The summed E-state index contributed by atoms with van der Waals surface area (Å²) in [6.45, 7) is 7.79. The Kier molecular flexibility index (Phi) is 6.08. The number of hydrogen-bond acceptors (Lipinski definition) is 2. The van der Waals surface area contributed by atoms with Crippen LogP contribution in [0.5, 0.6) is 0 Å². The van der Waals surface area contributed by atoms with Gasteiger partial charge in [0.1, 0.15) is 0 Å². The normalized spacial score (nSPS) is 24.0. The van der Waals surface area contributed by atoms with Gasteiger partial charge in [-0.05, 0) is 58.1 Å². The molecule has 0 radical (unpaired) electrons. The smallest absolute Gasteiger partial charge is 0.0627 e. The molecule has 1 aromatic heterocycles. The number of hydrogen-bond donors (Lipinski definition) is 1. The zero-order valence-electron chi connectivity index (χ0n) is 13.4. The van der Waals surface area contributed by atoms with Crippen molar-refractivity contribution in [2.24, 2.45) is 5.92 Å². The van der Waals surface area contributed by atoms with E-state index in [0.29, 0.717) is 6.04 Å². The van der Waals surface area contributed by atoms with E-state index in [2.05, 4.69) is 43.0 Å². The predicted octanol–water partition coefficient (Wildman–Crippen LogP) is 3.96. The minimum absolute atomic E-state index is 0.469. The highest BCUT2D eigenvalue weighted by Gasteiger charge is 2.20. The third kappa shape index (κ3) is 4.62. The van der Waals surface area contributed by atoms with Gasteiger partial charge in [0.05, 0.1) is 5.69 Å². The Labute approximate surface area is 124 Å². The molecule has 1 N–H and O–H groups in total. The second-order valence-electron chi connectivity index (χ2n) is 6.62. The summed E-state index contributed by atoms with van der Waals surface area (Å²) in [5, 5.41) is 8.44. The van der Waals surface area contributed by atoms with Crippen molar-refractivity contribution in [3.8, 4) is 0 Å². The lowest BCUT2D eigenvalue weighted by atomic mass is 9.93. The summed E-state index contributed by atoms with van der Waals surface area (Å²) in [4.78, 5) is 0. The maximum atomic E-state index is 4.72. The van der Waals surface area contributed by atoms with Gasteiger partial charge >= 0.3 is 0 Å². The Hall–Kier alpha value is -0.830. The van der Waals surface area contributed by atoms with E-state index < -0.39 is 0 Å². The maximum absolute atomic E-state index is 4.72. The predicted molar refractivity (Wildman–Crippen MR) is 85.0 cm³/mol. The van der Waals surface area contributed by atoms with E-state index in [1.165, 1.54) is 50.8 Å². The monoisotopic (exact) mass is 277 g/mol. The summed E-state index contributed by atoms with van der Waals surface area (Å²) in [6, 6.07) is 3.41. The first-order valence-corrected chi connectivity index (χ1v) is 8.46. The first-order valence-electron chi connectivity index (χ1n) is 8.46.